The van der Waals surface area contributed by atoms with Crippen molar-refractivity contribution in [3.05, 3.63) is 136 Å². The fraction of sp³-hybridized carbons (Fsp3) is 0.147. The summed E-state index contributed by atoms with van der Waals surface area (Å²) in [4.78, 5) is 33.2. The number of amides is 1. The van der Waals surface area contributed by atoms with Crippen LogP contribution in [0.4, 0.5) is 5.69 Å². The maximum Gasteiger partial charge on any atom is 0.271 e. The van der Waals surface area contributed by atoms with Gasteiger partial charge < -0.3 is 14.5 Å². The Labute approximate surface area is 267 Å². The number of hydrogen-bond donors (Lipinski definition) is 1. The van der Waals surface area contributed by atoms with Gasteiger partial charge in [0.05, 0.1) is 39.0 Å². The molecule has 0 aliphatic carbocycles. The number of furan rings is 1. The van der Waals surface area contributed by atoms with Gasteiger partial charge in [-0.15, -0.1) is 0 Å². The van der Waals surface area contributed by atoms with Crippen LogP contribution < -0.4 is 24.9 Å². The number of aromatic nitrogens is 1. The number of ether oxygens (including phenoxy) is 1. The quantitative estimate of drug-likeness (QED) is 0.214. The molecule has 0 bridgehead atoms. The minimum atomic E-state index is -0.714. The molecule has 7 nitrogen and oxygen atoms in total. The number of carbonyl (C=O) groups is 1. The third-order valence-corrected chi connectivity index (χ3v) is 9.15. The molecule has 0 spiro atoms. The number of nitrogens with one attached hydrogen (secondary N) is 1. The minimum Gasteiger partial charge on any atom is -0.497 e. The Morgan fingerprint density at radius 1 is 1.00 bits per heavy atom. The molecule has 1 aliphatic rings. The third kappa shape index (κ3) is 5.64. The fourth-order valence-corrected chi connectivity index (χ4v) is 6.55. The van der Waals surface area contributed by atoms with E-state index in [1.165, 1.54) is 11.3 Å². The number of methoxy groups -OCH3 is 1. The first kappa shape index (κ1) is 29.7. The maximum absolute atomic E-state index is 14.0. The number of halogens is 2. The third-order valence-electron chi connectivity index (χ3n) is 7.43. The number of benzene rings is 3. The molecule has 2 aromatic heterocycles. The number of nitrogens with zero attached hydrogens (tertiary/aromatic N) is 2. The molecule has 0 unspecified atom stereocenters. The second-order valence-corrected chi connectivity index (χ2v) is 12.3. The van der Waals surface area contributed by atoms with Gasteiger partial charge in [0.2, 0.25) is 0 Å². The number of fused-ring (bicyclic) bond motifs is 1. The summed E-state index contributed by atoms with van der Waals surface area (Å²) >= 11 is 13.5. The molecule has 0 saturated carbocycles. The van der Waals surface area contributed by atoms with Crippen LogP contribution >= 0.6 is 34.5 Å². The Morgan fingerprint density at radius 3 is 2.48 bits per heavy atom. The van der Waals surface area contributed by atoms with Gasteiger partial charge >= 0.3 is 0 Å². The van der Waals surface area contributed by atoms with Crippen LogP contribution in [0.15, 0.2) is 98.3 Å². The van der Waals surface area contributed by atoms with Gasteiger partial charge in [-0.25, -0.2) is 4.99 Å². The standard InChI is InChI=1S/C34H27Cl2N3O4S/c1-18-5-13-27(19(2)15-18)38-32(40)30-20(3)37-34-39(31(30)21-6-9-23(42-4)10-7-21)33(41)29(44-34)17-24-11-14-28(43-24)22-8-12-25(35)26(36)16-22/h5-17,31H,1-4H3,(H,38,40)/b29-17-/t31-/m1/s1. The van der Waals surface area contributed by atoms with Crippen LogP contribution in [0.3, 0.4) is 0 Å². The van der Waals surface area contributed by atoms with Gasteiger partial charge in [-0.05, 0) is 80.4 Å². The zero-order chi connectivity index (χ0) is 31.1. The molecule has 3 heterocycles. The Bertz CT molecular complexity index is 2140. The van der Waals surface area contributed by atoms with Crippen molar-refractivity contribution in [2.24, 2.45) is 4.99 Å². The second-order valence-electron chi connectivity index (χ2n) is 10.5. The van der Waals surface area contributed by atoms with Crippen LogP contribution in [0.2, 0.25) is 10.0 Å². The number of anilines is 1. The largest absolute Gasteiger partial charge is 0.497 e. The lowest BCUT2D eigenvalue weighted by Gasteiger charge is -2.25. The first-order valence-corrected chi connectivity index (χ1v) is 15.3. The Morgan fingerprint density at radius 2 is 1.77 bits per heavy atom. The Balaban J connectivity index is 1.44. The number of thiazole rings is 1. The highest BCUT2D eigenvalue weighted by Crippen LogP contribution is 2.33. The molecule has 0 fully saturated rings. The van der Waals surface area contributed by atoms with E-state index in [1.807, 2.05) is 68.4 Å². The van der Waals surface area contributed by atoms with Crippen LogP contribution in [0.1, 0.15) is 35.4 Å². The summed E-state index contributed by atoms with van der Waals surface area (Å²) in [6, 6.07) is 21.3. The highest BCUT2D eigenvalue weighted by Gasteiger charge is 2.32. The van der Waals surface area contributed by atoms with E-state index in [-0.39, 0.29) is 11.5 Å². The van der Waals surface area contributed by atoms with E-state index < -0.39 is 6.04 Å². The Hall–Kier alpha value is -4.37. The minimum absolute atomic E-state index is 0.286. The SMILES string of the molecule is COc1ccc([C@@H]2C(C(=O)Nc3ccc(C)cc3C)=C(C)N=c3s/c(=C\c4ccc(-c5ccc(Cl)c(Cl)c5)o4)c(=O)n32)cc1. The summed E-state index contributed by atoms with van der Waals surface area (Å²) in [6.45, 7) is 5.74. The topological polar surface area (TPSA) is 85.8 Å². The number of aryl methyl sites for hydroxylation is 2. The summed E-state index contributed by atoms with van der Waals surface area (Å²) in [5.41, 5.74) is 4.87. The summed E-state index contributed by atoms with van der Waals surface area (Å²) in [7, 11) is 1.59. The van der Waals surface area contributed by atoms with Crippen molar-refractivity contribution < 1.29 is 13.9 Å². The second kappa shape index (κ2) is 12.0. The number of carbonyl (C=O) groups excluding carboxylic acids is 1. The summed E-state index contributed by atoms with van der Waals surface area (Å²) in [5, 5.41) is 3.92. The molecule has 1 amide bonds. The summed E-state index contributed by atoms with van der Waals surface area (Å²) in [6.07, 6.45) is 1.69. The lowest BCUT2D eigenvalue weighted by atomic mass is 9.95. The van der Waals surface area contributed by atoms with E-state index in [2.05, 4.69) is 5.32 Å². The first-order valence-electron chi connectivity index (χ1n) is 13.7. The number of hydrogen-bond acceptors (Lipinski definition) is 6. The van der Waals surface area contributed by atoms with Crippen molar-refractivity contribution in [2.75, 3.05) is 12.4 Å². The fourth-order valence-electron chi connectivity index (χ4n) is 5.22. The average molecular weight is 645 g/mol. The highest BCUT2D eigenvalue weighted by atomic mass is 35.5. The van der Waals surface area contributed by atoms with Gasteiger partial charge in [-0.2, -0.15) is 0 Å². The van der Waals surface area contributed by atoms with E-state index in [0.717, 1.165) is 22.3 Å². The molecule has 0 saturated heterocycles. The van der Waals surface area contributed by atoms with Crippen molar-refractivity contribution in [3.63, 3.8) is 0 Å². The predicted molar refractivity (Wildman–Crippen MR) is 175 cm³/mol. The van der Waals surface area contributed by atoms with Crippen LogP contribution in [0.25, 0.3) is 17.4 Å². The normalized spacial score (nSPS) is 14.8. The summed E-state index contributed by atoms with van der Waals surface area (Å²) in [5.74, 6) is 1.41. The molecular weight excluding hydrogens is 617 g/mol. The van der Waals surface area contributed by atoms with Crippen LogP contribution in [0.5, 0.6) is 5.75 Å². The van der Waals surface area contributed by atoms with E-state index in [9.17, 15) is 9.59 Å². The van der Waals surface area contributed by atoms with Crippen molar-refractivity contribution in [1.29, 1.82) is 0 Å². The van der Waals surface area contributed by atoms with Gasteiger partial charge in [0.1, 0.15) is 17.3 Å². The lowest BCUT2D eigenvalue weighted by molar-refractivity contribution is -0.113. The van der Waals surface area contributed by atoms with Gasteiger partial charge in [-0.3, -0.25) is 14.2 Å². The average Bonchev–Trinajstić information content (AvgIpc) is 3.59. The van der Waals surface area contributed by atoms with Gasteiger partial charge in [-0.1, -0.05) is 64.4 Å². The molecule has 10 heteroatoms. The molecule has 1 aliphatic heterocycles. The smallest absolute Gasteiger partial charge is 0.271 e. The van der Waals surface area contributed by atoms with Crippen LogP contribution in [-0.2, 0) is 4.79 Å². The zero-order valence-electron chi connectivity index (χ0n) is 24.3. The monoisotopic (exact) mass is 643 g/mol. The van der Waals surface area contributed by atoms with E-state index in [0.29, 0.717) is 53.6 Å². The van der Waals surface area contributed by atoms with Gasteiger partial charge in [0.25, 0.3) is 11.5 Å². The molecule has 1 atom stereocenters. The van der Waals surface area contributed by atoms with Crippen molar-refractivity contribution in [3.8, 4) is 17.1 Å². The molecular formula is C34H27Cl2N3O4S. The molecule has 222 valence electrons. The molecule has 5 aromatic rings. The lowest BCUT2D eigenvalue weighted by Crippen LogP contribution is -2.40. The van der Waals surface area contributed by atoms with Crippen LogP contribution in [-0.4, -0.2) is 17.6 Å². The van der Waals surface area contributed by atoms with Crippen molar-refractivity contribution in [1.82, 2.24) is 4.57 Å². The number of rotatable bonds is 6. The summed E-state index contributed by atoms with van der Waals surface area (Å²) < 4.78 is 13.4. The molecule has 3 aromatic carbocycles. The number of allylic oxidation sites excluding steroid dienone is 1. The molecule has 6 rings (SSSR count). The Kier molecular flexibility index (Phi) is 8.07. The van der Waals surface area contributed by atoms with Crippen molar-refractivity contribution >= 4 is 52.2 Å². The molecule has 0 radical (unpaired) electrons. The van der Waals surface area contributed by atoms with Crippen molar-refractivity contribution in [2.45, 2.75) is 26.8 Å². The molecule has 1 N–H and O–H groups in total. The molecule has 44 heavy (non-hydrogen) atoms. The van der Waals surface area contributed by atoms with Gasteiger partial charge in [0.15, 0.2) is 4.80 Å². The highest BCUT2D eigenvalue weighted by molar-refractivity contribution is 7.07. The van der Waals surface area contributed by atoms with Gasteiger partial charge in [0, 0.05) is 17.3 Å². The predicted octanol–water partition coefficient (Wildman–Crippen LogP) is 7.07. The van der Waals surface area contributed by atoms with Crippen LogP contribution in [0, 0.1) is 13.8 Å². The van der Waals surface area contributed by atoms with E-state index in [4.69, 9.17) is 37.3 Å². The zero-order valence-corrected chi connectivity index (χ0v) is 26.6. The first-order chi connectivity index (χ1) is 21.1. The van der Waals surface area contributed by atoms with E-state index >= 15 is 0 Å². The maximum atomic E-state index is 14.0. The van der Waals surface area contributed by atoms with E-state index in [1.54, 1.807) is 42.9 Å².